The smallest absolute Gasteiger partial charge is 0.321 e. The molecule has 1 fully saturated rings. The molecule has 184 valence electrons. The number of fused-ring (bicyclic) bond motifs is 1. The fraction of sp³-hybridized carbons (Fsp3) is 0.385. The number of para-hydroxylation sites is 1. The zero-order chi connectivity index (χ0) is 25.1. The quantitative estimate of drug-likeness (QED) is 0.708. The van der Waals surface area contributed by atoms with Crippen LogP contribution in [-0.2, 0) is 9.59 Å². The van der Waals surface area contributed by atoms with Crippen LogP contribution in [0.1, 0.15) is 23.6 Å². The highest BCUT2D eigenvalue weighted by Gasteiger charge is 2.35. The molecule has 2 aliphatic rings. The Balaban J connectivity index is 1.59. The average molecular weight is 477 g/mol. The number of aliphatic imine (C=N–C) groups is 1. The van der Waals surface area contributed by atoms with Gasteiger partial charge in [0.05, 0.1) is 5.69 Å². The minimum atomic E-state index is -1.16. The van der Waals surface area contributed by atoms with Gasteiger partial charge in [-0.05, 0) is 51.1 Å². The number of nitrogens with zero attached hydrogens (tertiary/aromatic N) is 4. The lowest BCUT2D eigenvalue weighted by Crippen LogP contribution is -2.54. The molecule has 9 nitrogen and oxygen atoms in total. The zero-order valence-electron chi connectivity index (χ0n) is 20.7. The molecule has 2 aromatic rings. The molecule has 2 N–H and O–H groups in total. The van der Waals surface area contributed by atoms with Crippen molar-refractivity contribution in [3.05, 3.63) is 59.2 Å². The summed E-state index contributed by atoms with van der Waals surface area (Å²) in [7, 11) is 2.03. The van der Waals surface area contributed by atoms with E-state index in [9.17, 15) is 14.4 Å². The van der Waals surface area contributed by atoms with Crippen molar-refractivity contribution in [2.24, 2.45) is 4.99 Å². The van der Waals surface area contributed by atoms with Crippen molar-refractivity contribution in [3.63, 3.8) is 0 Å². The van der Waals surface area contributed by atoms with Gasteiger partial charge in [-0.3, -0.25) is 19.5 Å². The van der Waals surface area contributed by atoms with E-state index in [-0.39, 0.29) is 12.5 Å². The Morgan fingerprint density at radius 3 is 2.46 bits per heavy atom. The van der Waals surface area contributed by atoms with E-state index in [2.05, 4.69) is 20.5 Å². The number of piperazine rings is 1. The van der Waals surface area contributed by atoms with Crippen molar-refractivity contribution >= 4 is 34.9 Å². The first-order valence-corrected chi connectivity index (χ1v) is 11.8. The molecule has 9 heteroatoms. The maximum atomic E-state index is 13.7. The zero-order valence-corrected chi connectivity index (χ0v) is 20.7. The molecule has 0 aliphatic carbocycles. The van der Waals surface area contributed by atoms with Crippen LogP contribution in [0.4, 0.5) is 16.2 Å². The van der Waals surface area contributed by atoms with Crippen LogP contribution >= 0.6 is 0 Å². The summed E-state index contributed by atoms with van der Waals surface area (Å²) in [5, 5.41) is 5.45. The van der Waals surface area contributed by atoms with Gasteiger partial charge in [0.2, 0.25) is 12.1 Å². The first kappa shape index (κ1) is 24.4. The second-order valence-electron chi connectivity index (χ2n) is 9.16. The number of hydrogen-bond acceptors (Lipinski definition) is 5. The minimum absolute atomic E-state index is 0.110. The number of amides is 4. The van der Waals surface area contributed by atoms with Gasteiger partial charge in [0, 0.05) is 43.1 Å². The summed E-state index contributed by atoms with van der Waals surface area (Å²) in [5.74, 6) is -0.567. The van der Waals surface area contributed by atoms with Crippen molar-refractivity contribution in [2.45, 2.75) is 26.9 Å². The van der Waals surface area contributed by atoms with E-state index >= 15 is 0 Å². The van der Waals surface area contributed by atoms with Gasteiger partial charge < -0.3 is 20.4 Å². The molecule has 1 atom stereocenters. The summed E-state index contributed by atoms with van der Waals surface area (Å²) >= 11 is 0. The molecule has 4 amide bonds. The van der Waals surface area contributed by atoms with Gasteiger partial charge in [0.1, 0.15) is 6.54 Å². The third-order valence-corrected chi connectivity index (χ3v) is 6.41. The SMILES string of the molecule is CC1=N[C@@H](NC(=O)Nc2cccc(C)c2)C(=O)N(CC(=O)N2CCN(C)CC2)c2c(C)cccc21. The first-order valence-electron chi connectivity index (χ1n) is 11.8. The minimum Gasteiger partial charge on any atom is -0.339 e. The van der Waals surface area contributed by atoms with Crippen LogP contribution in [0.25, 0.3) is 0 Å². The van der Waals surface area contributed by atoms with Gasteiger partial charge >= 0.3 is 6.03 Å². The van der Waals surface area contributed by atoms with E-state index in [1.165, 1.54) is 4.90 Å². The van der Waals surface area contributed by atoms with Crippen LogP contribution in [0.3, 0.4) is 0 Å². The number of benzodiazepines with no additional fused rings is 1. The second kappa shape index (κ2) is 10.3. The van der Waals surface area contributed by atoms with Gasteiger partial charge in [-0.1, -0.05) is 30.3 Å². The van der Waals surface area contributed by atoms with Crippen LogP contribution in [-0.4, -0.2) is 79.3 Å². The number of anilines is 2. The predicted molar refractivity (Wildman–Crippen MR) is 137 cm³/mol. The number of rotatable bonds is 4. The van der Waals surface area contributed by atoms with Crippen molar-refractivity contribution in [1.82, 2.24) is 15.1 Å². The first-order chi connectivity index (χ1) is 16.7. The summed E-state index contributed by atoms with van der Waals surface area (Å²) in [6.07, 6.45) is -1.16. The second-order valence-corrected chi connectivity index (χ2v) is 9.16. The van der Waals surface area contributed by atoms with E-state index in [0.29, 0.717) is 30.2 Å². The molecule has 0 unspecified atom stereocenters. The lowest BCUT2D eigenvalue weighted by atomic mass is 10.0. The number of aryl methyl sites for hydroxylation is 2. The molecule has 0 saturated carbocycles. The molecule has 35 heavy (non-hydrogen) atoms. The Labute approximate surface area is 205 Å². The lowest BCUT2D eigenvalue weighted by Gasteiger charge is -2.34. The van der Waals surface area contributed by atoms with Crippen molar-refractivity contribution < 1.29 is 14.4 Å². The maximum absolute atomic E-state index is 13.7. The maximum Gasteiger partial charge on any atom is 0.321 e. The van der Waals surface area contributed by atoms with Crippen molar-refractivity contribution in [1.29, 1.82) is 0 Å². The van der Waals surface area contributed by atoms with Crippen molar-refractivity contribution in [2.75, 3.05) is 50.0 Å². The molecule has 2 aromatic carbocycles. The Kier molecular flexibility index (Phi) is 7.16. The van der Waals surface area contributed by atoms with Gasteiger partial charge in [0.15, 0.2) is 0 Å². The van der Waals surface area contributed by atoms with Crippen molar-refractivity contribution in [3.8, 4) is 0 Å². The third kappa shape index (κ3) is 5.51. The van der Waals surface area contributed by atoms with Gasteiger partial charge in [-0.2, -0.15) is 0 Å². The molecule has 2 heterocycles. The third-order valence-electron chi connectivity index (χ3n) is 6.41. The number of urea groups is 1. The summed E-state index contributed by atoms with van der Waals surface area (Å²) in [5.41, 5.74) is 4.53. The highest BCUT2D eigenvalue weighted by atomic mass is 16.2. The molecule has 1 saturated heterocycles. The van der Waals surface area contributed by atoms with E-state index < -0.39 is 18.1 Å². The number of carbonyl (C=O) groups excluding carboxylic acids is 3. The van der Waals surface area contributed by atoms with Gasteiger partial charge in [-0.15, -0.1) is 0 Å². The summed E-state index contributed by atoms with van der Waals surface area (Å²) < 4.78 is 0. The number of hydrogen-bond donors (Lipinski definition) is 2. The topological polar surface area (TPSA) is 97.3 Å². The number of likely N-dealkylation sites (N-methyl/N-ethyl adjacent to an activating group) is 1. The standard InChI is InChI=1S/C26H32N6O3/c1-17-7-5-9-20(15-17)28-26(35)29-24-25(34)32(16-22(33)31-13-11-30(4)12-14-31)23-18(2)8-6-10-21(23)19(3)27-24/h5-10,15,24H,11-14,16H2,1-4H3,(H2,28,29,35)/t24-/m0/s1. The van der Waals surface area contributed by atoms with E-state index in [0.717, 1.165) is 29.8 Å². The van der Waals surface area contributed by atoms with Crippen LogP contribution in [0.5, 0.6) is 0 Å². The van der Waals surface area contributed by atoms with E-state index in [4.69, 9.17) is 0 Å². The molecule has 0 spiro atoms. The van der Waals surface area contributed by atoms with E-state index in [1.54, 1.807) is 11.0 Å². The van der Waals surface area contributed by atoms with Gasteiger partial charge in [-0.25, -0.2) is 4.79 Å². The summed E-state index contributed by atoms with van der Waals surface area (Å²) in [4.78, 5) is 49.7. The van der Waals surface area contributed by atoms with Gasteiger partial charge in [0.25, 0.3) is 5.91 Å². The molecule has 0 aromatic heterocycles. The Bertz CT molecular complexity index is 1170. The van der Waals surface area contributed by atoms with Crippen LogP contribution in [0, 0.1) is 13.8 Å². The predicted octanol–water partition coefficient (Wildman–Crippen LogP) is 2.38. The molecule has 2 aliphatic heterocycles. The normalized spacial score (nSPS) is 18.5. The van der Waals surface area contributed by atoms with Crippen LogP contribution in [0.2, 0.25) is 0 Å². The highest BCUT2D eigenvalue weighted by Crippen LogP contribution is 2.29. The highest BCUT2D eigenvalue weighted by molar-refractivity contribution is 6.14. The fourth-order valence-electron chi connectivity index (χ4n) is 4.44. The number of nitrogens with one attached hydrogen (secondary N) is 2. The number of benzene rings is 2. The molecule has 0 radical (unpaired) electrons. The number of carbonyl (C=O) groups is 3. The van der Waals surface area contributed by atoms with E-state index in [1.807, 2.05) is 64.2 Å². The fourth-order valence-corrected chi connectivity index (χ4v) is 4.44. The van der Waals surface area contributed by atoms with Crippen LogP contribution in [0.15, 0.2) is 47.5 Å². The molecule has 0 bridgehead atoms. The lowest BCUT2D eigenvalue weighted by molar-refractivity contribution is -0.133. The molecular weight excluding hydrogens is 444 g/mol. The largest absolute Gasteiger partial charge is 0.339 e. The summed E-state index contributed by atoms with van der Waals surface area (Å²) in [6.45, 7) is 8.36. The average Bonchev–Trinajstić information content (AvgIpc) is 2.90. The Hall–Kier alpha value is -3.72. The molecular formula is C26H32N6O3. The molecule has 4 rings (SSSR count). The summed E-state index contributed by atoms with van der Waals surface area (Å²) in [6, 6.07) is 12.5. The monoisotopic (exact) mass is 476 g/mol. The van der Waals surface area contributed by atoms with Crippen LogP contribution < -0.4 is 15.5 Å². The Morgan fingerprint density at radius 1 is 1.03 bits per heavy atom. The Morgan fingerprint density at radius 2 is 1.74 bits per heavy atom.